The van der Waals surface area contributed by atoms with E-state index < -0.39 is 12.3 Å². The molecule has 0 atom stereocenters. The van der Waals surface area contributed by atoms with Gasteiger partial charge in [-0.3, -0.25) is 0 Å². The molecule has 1 saturated carbocycles. The van der Waals surface area contributed by atoms with E-state index in [0.29, 0.717) is 12.8 Å². The lowest BCUT2D eigenvalue weighted by Gasteiger charge is -1.88. The monoisotopic (exact) mass is 92.0 g/mol. The Morgan fingerprint density at radius 3 is 2.00 bits per heavy atom. The first kappa shape index (κ1) is 4.03. The maximum atomic E-state index is 11.9. The summed E-state index contributed by atoms with van der Waals surface area (Å²) in [5.41, 5.74) is -1.38. The minimum absolute atomic E-state index is 0.434. The highest BCUT2D eigenvalue weighted by Crippen LogP contribution is 2.39. The second-order valence-electron chi connectivity index (χ2n) is 1.78. The van der Waals surface area contributed by atoms with E-state index in [4.69, 9.17) is 0 Å². The third-order valence-corrected chi connectivity index (χ3v) is 1.03. The maximum Gasteiger partial charge on any atom is 0.139 e. The summed E-state index contributed by atoms with van der Waals surface area (Å²) in [7, 11) is 0. The summed E-state index contributed by atoms with van der Waals surface area (Å²) in [5, 5.41) is 0. The molecule has 0 aliphatic heterocycles. The third kappa shape index (κ3) is 0.511. The Morgan fingerprint density at radius 1 is 1.50 bits per heavy atom. The molecule has 6 heavy (non-hydrogen) atoms. The standard InChI is InChI=1S/C4H6F2/c5-3-4(6)1-2-4/h1-3H2. The van der Waals surface area contributed by atoms with E-state index in [1.165, 1.54) is 0 Å². The minimum atomic E-state index is -1.38. The van der Waals surface area contributed by atoms with Gasteiger partial charge >= 0.3 is 0 Å². The zero-order chi connectivity index (χ0) is 4.62. The van der Waals surface area contributed by atoms with E-state index in [-0.39, 0.29) is 0 Å². The molecule has 1 aliphatic rings. The van der Waals surface area contributed by atoms with Crippen molar-refractivity contribution < 1.29 is 8.78 Å². The molecule has 0 radical (unpaired) electrons. The summed E-state index contributed by atoms with van der Waals surface area (Å²) in [6.45, 7) is -0.785. The van der Waals surface area contributed by atoms with Crippen molar-refractivity contribution in [2.24, 2.45) is 0 Å². The molecule has 0 aromatic rings. The molecular formula is C4H6F2. The first-order valence-electron chi connectivity index (χ1n) is 2.02. The fraction of sp³-hybridized carbons (Fsp3) is 1.00. The molecule has 0 nitrogen and oxygen atoms in total. The Hall–Kier alpha value is -0.140. The third-order valence-electron chi connectivity index (χ3n) is 1.03. The molecule has 0 bridgehead atoms. The van der Waals surface area contributed by atoms with Crippen LogP contribution in [0.25, 0.3) is 0 Å². The Kier molecular flexibility index (Phi) is 0.620. The fourth-order valence-corrected chi connectivity index (χ4v) is 0.269. The van der Waals surface area contributed by atoms with E-state index in [2.05, 4.69) is 0 Å². The normalized spacial score (nSPS) is 27.0. The number of rotatable bonds is 1. The highest BCUT2D eigenvalue weighted by atomic mass is 19.2. The molecule has 0 saturated heterocycles. The summed E-state index contributed by atoms with van der Waals surface area (Å²) < 4.78 is 23.0. The van der Waals surface area contributed by atoms with Crippen LogP contribution in [0.3, 0.4) is 0 Å². The van der Waals surface area contributed by atoms with Gasteiger partial charge < -0.3 is 0 Å². The quantitative estimate of drug-likeness (QED) is 0.459. The largest absolute Gasteiger partial charge is 0.248 e. The molecular weight excluding hydrogens is 86.0 g/mol. The van der Waals surface area contributed by atoms with Gasteiger partial charge in [0.05, 0.1) is 0 Å². The zero-order valence-electron chi connectivity index (χ0n) is 3.38. The van der Waals surface area contributed by atoms with Crippen molar-refractivity contribution in [1.29, 1.82) is 0 Å². The smallest absolute Gasteiger partial charge is 0.139 e. The van der Waals surface area contributed by atoms with Crippen molar-refractivity contribution in [3.8, 4) is 0 Å². The van der Waals surface area contributed by atoms with Crippen LogP contribution in [0.1, 0.15) is 12.8 Å². The average Bonchev–Trinajstić information content (AvgIpc) is 2.22. The average molecular weight is 92.1 g/mol. The van der Waals surface area contributed by atoms with Crippen molar-refractivity contribution in [3.05, 3.63) is 0 Å². The topological polar surface area (TPSA) is 0 Å². The lowest BCUT2D eigenvalue weighted by atomic mass is 10.4. The van der Waals surface area contributed by atoms with Crippen molar-refractivity contribution >= 4 is 0 Å². The second-order valence-corrected chi connectivity index (χ2v) is 1.78. The van der Waals surface area contributed by atoms with Crippen LogP contribution in [-0.2, 0) is 0 Å². The Balaban J connectivity index is 2.28. The molecule has 1 rings (SSSR count). The lowest BCUT2D eigenvalue weighted by molar-refractivity contribution is 0.238. The van der Waals surface area contributed by atoms with Gasteiger partial charge in [0.1, 0.15) is 12.3 Å². The number of hydrogen-bond donors (Lipinski definition) is 0. The van der Waals surface area contributed by atoms with Gasteiger partial charge in [0.2, 0.25) is 0 Å². The molecule has 0 heterocycles. The molecule has 0 unspecified atom stereocenters. The van der Waals surface area contributed by atoms with Gasteiger partial charge in [0.15, 0.2) is 0 Å². The molecule has 0 spiro atoms. The molecule has 0 amide bonds. The van der Waals surface area contributed by atoms with Gasteiger partial charge in [0.25, 0.3) is 0 Å². The van der Waals surface area contributed by atoms with Gasteiger partial charge in [-0.05, 0) is 12.8 Å². The molecule has 0 N–H and O–H groups in total. The molecule has 36 valence electrons. The Morgan fingerprint density at radius 2 is 2.00 bits per heavy atom. The van der Waals surface area contributed by atoms with E-state index in [9.17, 15) is 8.78 Å². The van der Waals surface area contributed by atoms with Gasteiger partial charge in [-0.1, -0.05) is 0 Å². The van der Waals surface area contributed by atoms with Crippen LogP contribution in [-0.4, -0.2) is 12.3 Å². The highest BCUT2D eigenvalue weighted by Gasteiger charge is 2.43. The zero-order valence-corrected chi connectivity index (χ0v) is 3.38. The van der Waals surface area contributed by atoms with E-state index in [0.717, 1.165) is 0 Å². The van der Waals surface area contributed by atoms with Crippen LogP contribution < -0.4 is 0 Å². The van der Waals surface area contributed by atoms with Crippen LogP contribution in [0.15, 0.2) is 0 Å². The predicted octanol–water partition coefficient (Wildman–Crippen LogP) is 1.46. The Labute approximate surface area is 35.2 Å². The van der Waals surface area contributed by atoms with Crippen molar-refractivity contribution in [1.82, 2.24) is 0 Å². The first-order valence-corrected chi connectivity index (χ1v) is 2.02. The summed E-state index contributed by atoms with van der Waals surface area (Å²) >= 11 is 0. The van der Waals surface area contributed by atoms with Crippen LogP contribution in [0, 0.1) is 0 Å². The fourth-order valence-electron chi connectivity index (χ4n) is 0.269. The van der Waals surface area contributed by atoms with Gasteiger partial charge in [-0.25, -0.2) is 8.78 Å². The lowest BCUT2D eigenvalue weighted by Crippen LogP contribution is -1.99. The number of halogens is 2. The number of hydrogen-bond acceptors (Lipinski definition) is 0. The van der Waals surface area contributed by atoms with Gasteiger partial charge in [-0.2, -0.15) is 0 Å². The predicted molar refractivity (Wildman–Crippen MR) is 19.0 cm³/mol. The van der Waals surface area contributed by atoms with Crippen molar-refractivity contribution in [2.75, 3.05) is 6.67 Å². The van der Waals surface area contributed by atoms with Crippen LogP contribution in [0.2, 0.25) is 0 Å². The van der Waals surface area contributed by atoms with E-state index >= 15 is 0 Å². The molecule has 1 aliphatic carbocycles. The minimum Gasteiger partial charge on any atom is -0.248 e. The highest BCUT2D eigenvalue weighted by molar-refractivity contribution is 4.93. The van der Waals surface area contributed by atoms with Crippen molar-refractivity contribution in [2.45, 2.75) is 18.5 Å². The maximum absolute atomic E-state index is 11.9. The molecule has 0 aromatic heterocycles. The molecule has 2 heteroatoms. The van der Waals surface area contributed by atoms with Crippen LogP contribution >= 0.6 is 0 Å². The Bertz CT molecular complexity index is 56.6. The van der Waals surface area contributed by atoms with E-state index in [1.807, 2.05) is 0 Å². The SMILES string of the molecule is FCC1(F)CC1. The van der Waals surface area contributed by atoms with Gasteiger partial charge in [-0.15, -0.1) is 0 Å². The van der Waals surface area contributed by atoms with Crippen LogP contribution in [0.5, 0.6) is 0 Å². The summed E-state index contributed by atoms with van der Waals surface area (Å²) in [6, 6.07) is 0. The van der Waals surface area contributed by atoms with Crippen molar-refractivity contribution in [3.63, 3.8) is 0 Å². The van der Waals surface area contributed by atoms with Gasteiger partial charge in [0, 0.05) is 0 Å². The molecule has 1 fully saturated rings. The first-order chi connectivity index (χ1) is 2.77. The number of alkyl halides is 2. The van der Waals surface area contributed by atoms with Crippen LogP contribution in [0.4, 0.5) is 8.78 Å². The summed E-state index contributed by atoms with van der Waals surface area (Å²) in [4.78, 5) is 0. The second kappa shape index (κ2) is 0.922. The summed E-state index contributed by atoms with van der Waals surface area (Å²) in [6.07, 6.45) is 0.868. The summed E-state index contributed by atoms with van der Waals surface area (Å²) in [5.74, 6) is 0. The molecule has 0 aromatic carbocycles. The van der Waals surface area contributed by atoms with E-state index in [1.54, 1.807) is 0 Å².